The minimum atomic E-state index is -3.60. The van der Waals surface area contributed by atoms with Gasteiger partial charge in [0.05, 0.1) is 24.7 Å². The zero-order valence-corrected chi connectivity index (χ0v) is 27.0. The third-order valence-corrected chi connectivity index (χ3v) is 8.18. The third-order valence-electron chi connectivity index (χ3n) is 7.59. The van der Waals surface area contributed by atoms with Gasteiger partial charge in [-0.25, -0.2) is 18.4 Å². The number of benzene rings is 2. The van der Waals surface area contributed by atoms with E-state index in [-0.39, 0.29) is 16.9 Å². The topological polar surface area (TPSA) is 126 Å². The summed E-state index contributed by atoms with van der Waals surface area (Å²) in [6.07, 6.45) is 4.66. The molecule has 4 rings (SSSR count). The maximum Gasteiger partial charge on any atom is 0.255 e. The molecule has 11 nitrogen and oxygen atoms in total. The van der Waals surface area contributed by atoms with E-state index in [2.05, 4.69) is 36.9 Å². The molecule has 43 heavy (non-hydrogen) atoms. The number of rotatable bonds is 9. The number of methoxy groups -OCH3 is 1. The van der Waals surface area contributed by atoms with E-state index < -0.39 is 15.9 Å². The normalized spacial score (nSPS) is 14.7. The first-order valence-electron chi connectivity index (χ1n) is 14.2. The number of ether oxygens (including phenoxy) is 2. The Hall–Kier alpha value is -3.90. The van der Waals surface area contributed by atoms with Gasteiger partial charge in [-0.1, -0.05) is 26.8 Å². The zero-order valence-electron chi connectivity index (χ0n) is 26.2. The fraction of sp³-hybridized carbons (Fsp3) is 0.452. The molecule has 2 heterocycles. The average Bonchev–Trinajstić information content (AvgIpc) is 2.93. The molecule has 0 saturated carbocycles. The van der Waals surface area contributed by atoms with Gasteiger partial charge < -0.3 is 24.6 Å². The quantitative estimate of drug-likeness (QED) is 0.343. The molecular formula is C31H42N6O5S. The molecule has 232 valence electrons. The first-order valence-corrected chi connectivity index (χ1v) is 16.1. The highest BCUT2D eigenvalue weighted by Gasteiger charge is 2.24. The standard InChI is InChI=1S/C31H42N6O5S/c1-20-9-10-21(15-26(20)42-28-18-27(32-19-33-28)37(6)23-11-13-36(5)14-12-23)30(38)34-24-16-22(31(2,3)4)17-25(29(24)41-7)35-43(8,39)40/h9-10,15-19,23,35H,11-14H2,1-8H3,(H,34,38). The maximum absolute atomic E-state index is 13.5. The van der Waals surface area contributed by atoms with Gasteiger partial charge in [0.2, 0.25) is 15.9 Å². The number of hydrogen-bond acceptors (Lipinski definition) is 9. The number of aromatic nitrogens is 2. The van der Waals surface area contributed by atoms with Gasteiger partial charge in [0.25, 0.3) is 5.91 Å². The van der Waals surface area contributed by atoms with Crippen molar-refractivity contribution >= 4 is 33.1 Å². The van der Waals surface area contributed by atoms with Gasteiger partial charge in [-0.3, -0.25) is 9.52 Å². The monoisotopic (exact) mass is 610 g/mol. The number of amides is 1. The minimum Gasteiger partial charge on any atom is -0.492 e. The summed E-state index contributed by atoms with van der Waals surface area (Å²) in [6, 6.07) is 10.9. The number of aryl methyl sites for hydroxylation is 1. The smallest absolute Gasteiger partial charge is 0.255 e. The van der Waals surface area contributed by atoms with Gasteiger partial charge >= 0.3 is 0 Å². The Morgan fingerprint density at radius 1 is 1.07 bits per heavy atom. The highest BCUT2D eigenvalue weighted by molar-refractivity contribution is 7.92. The lowest BCUT2D eigenvalue weighted by molar-refractivity contribution is 0.102. The zero-order chi connectivity index (χ0) is 31.5. The van der Waals surface area contributed by atoms with Crippen LogP contribution in [0, 0.1) is 6.92 Å². The number of likely N-dealkylation sites (tertiary alicyclic amines) is 1. The molecule has 1 aliphatic rings. The van der Waals surface area contributed by atoms with Crippen LogP contribution in [0.25, 0.3) is 0 Å². The fourth-order valence-corrected chi connectivity index (χ4v) is 5.51. The molecule has 0 aliphatic carbocycles. The van der Waals surface area contributed by atoms with Gasteiger partial charge in [-0.2, -0.15) is 0 Å². The second kappa shape index (κ2) is 12.8. The Kier molecular flexibility index (Phi) is 9.50. The number of piperidine rings is 1. The summed E-state index contributed by atoms with van der Waals surface area (Å²) in [6.45, 7) is 9.97. The maximum atomic E-state index is 13.5. The number of nitrogens with zero attached hydrogens (tertiary/aromatic N) is 4. The van der Waals surface area contributed by atoms with Crippen LogP contribution in [0.15, 0.2) is 42.7 Å². The Balaban J connectivity index is 1.59. The van der Waals surface area contributed by atoms with Gasteiger partial charge in [0.1, 0.15) is 17.9 Å². The van der Waals surface area contributed by atoms with Crippen LogP contribution in [0.3, 0.4) is 0 Å². The van der Waals surface area contributed by atoms with Gasteiger partial charge in [-0.15, -0.1) is 0 Å². The summed E-state index contributed by atoms with van der Waals surface area (Å²) in [5, 5.41) is 2.90. The summed E-state index contributed by atoms with van der Waals surface area (Å²) in [4.78, 5) is 26.8. The lowest BCUT2D eigenvalue weighted by Gasteiger charge is -2.35. The van der Waals surface area contributed by atoms with Crippen LogP contribution in [0.2, 0.25) is 0 Å². The van der Waals surface area contributed by atoms with E-state index in [0.29, 0.717) is 28.9 Å². The van der Waals surface area contributed by atoms with Crippen molar-refractivity contribution in [3.8, 4) is 17.4 Å². The molecule has 1 saturated heterocycles. The predicted molar refractivity (Wildman–Crippen MR) is 170 cm³/mol. The number of carbonyl (C=O) groups is 1. The van der Waals surface area contributed by atoms with Crippen molar-refractivity contribution in [1.29, 1.82) is 0 Å². The van der Waals surface area contributed by atoms with Crippen molar-refractivity contribution < 1.29 is 22.7 Å². The summed E-state index contributed by atoms with van der Waals surface area (Å²) >= 11 is 0. The molecule has 1 aliphatic heterocycles. The lowest BCUT2D eigenvalue weighted by Crippen LogP contribution is -2.42. The molecule has 1 aromatic heterocycles. The van der Waals surface area contributed by atoms with E-state index in [0.717, 1.165) is 49.1 Å². The molecule has 12 heteroatoms. The first-order chi connectivity index (χ1) is 20.1. The second-order valence-electron chi connectivity index (χ2n) is 12.1. The van der Waals surface area contributed by atoms with Crippen molar-refractivity contribution in [1.82, 2.24) is 14.9 Å². The molecule has 1 amide bonds. The molecule has 0 spiro atoms. The van der Waals surface area contributed by atoms with Crippen molar-refractivity contribution in [2.24, 2.45) is 0 Å². The van der Waals surface area contributed by atoms with E-state index in [9.17, 15) is 13.2 Å². The SMILES string of the molecule is COc1c(NC(=O)c2ccc(C)c(Oc3cc(N(C)C4CCN(C)CC4)ncn3)c2)cc(C(C)(C)C)cc1NS(C)(=O)=O. The van der Waals surface area contributed by atoms with E-state index in [1.807, 2.05) is 40.8 Å². The predicted octanol–water partition coefficient (Wildman–Crippen LogP) is 5.04. The fourth-order valence-electron chi connectivity index (χ4n) is 4.96. The third kappa shape index (κ3) is 8.14. The highest BCUT2D eigenvalue weighted by Crippen LogP contribution is 2.39. The van der Waals surface area contributed by atoms with Crippen LogP contribution >= 0.6 is 0 Å². The molecule has 3 aromatic rings. The van der Waals surface area contributed by atoms with E-state index in [1.54, 1.807) is 30.3 Å². The number of sulfonamides is 1. The van der Waals surface area contributed by atoms with Crippen molar-refractivity contribution in [2.75, 3.05) is 55.5 Å². The Bertz CT molecular complexity index is 1580. The largest absolute Gasteiger partial charge is 0.492 e. The lowest BCUT2D eigenvalue weighted by atomic mass is 9.86. The van der Waals surface area contributed by atoms with Crippen LogP contribution in [0.5, 0.6) is 17.4 Å². The van der Waals surface area contributed by atoms with Gasteiger partial charge in [-0.05, 0) is 80.7 Å². The Morgan fingerprint density at radius 3 is 2.37 bits per heavy atom. The minimum absolute atomic E-state index is 0.206. The summed E-state index contributed by atoms with van der Waals surface area (Å²) in [5.74, 6) is 1.42. The van der Waals surface area contributed by atoms with Crippen molar-refractivity contribution in [3.63, 3.8) is 0 Å². The molecule has 2 N–H and O–H groups in total. The van der Waals surface area contributed by atoms with Gasteiger partial charge in [0.15, 0.2) is 5.75 Å². The number of carbonyl (C=O) groups excluding carboxylic acids is 1. The molecule has 1 fully saturated rings. The summed E-state index contributed by atoms with van der Waals surface area (Å²) < 4.78 is 38.4. The van der Waals surface area contributed by atoms with Crippen molar-refractivity contribution in [3.05, 3.63) is 59.4 Å². The summed E-state index contributed by atoms with van der Waals surface area (Å²) in [7, 11) is 2.00. The number of nitrogens with one attached hydrogen (secondary N) is 2. The van der Waals surface area contributed by atoms with Gasteiger partial charge in [0, 0.05) is 24.7 Å². The molecule has 0 atom stereocenters. The number of anilines is 3. The van der Waals surface area contributed by atoms with Crippen LogP contribution < -0.4 is 24.4 Å². The van der Waals surface area contributed by atoms with E-state index in [1.165, 1.54) is 13.4 Å². The molecule has 0 bridgehead atoms. The molecular weight excluding hydrogens is 568 g/mol. The highest BCUT2D eigenvalue weighted by atomic mass is 32.2. The second-order valence-corrected chi connectivity index (χ2v) is 13.9. The first kappa shape index (κ1) is 32.0. The van der Waals surface area contributed by atoms with Crippen LogP contribution in [0.4, 0.5) is 17.2 Å². The van der Waals surface area contributed by atoms with Crippen LogP contribution in [0.1, 0.15) is 55.1 Å². The molecule has 0 radical (unpaired) electrons. The molecule has 2 aromatic carbocycles. The van der Waals surface area contributed by atoms with E-state index >= 15 is 0 Å². The average molecular weight is 611 g/mol. The number of hydrogen-bond donors (Lipinski definition) is 2. The Labute approximate surface area is 254 Å². The van der Waals surface area contributed by atoms with Crippen LogP contribution in [-0.4, -0.2) is 75.8 Å². The van der Waals surface area contributed by atoms with Crippen molar-refractivity contribution in [2.45, 2.75) is 52.0 Å². The summed E-state index contributed by atoms with van der Waals surface area (Å²) in [5.41, 5.74) is 2.23. The van der Waals surface area contributed by atoms with E-state index in [4.69, 9.17) is 9.47 Å². The Morgan fingerprint density at radius 2 is 1.74 bits per heavy atom. The molecule has 0 unspecified atom stereocenters. The van der Waals surface area contributed by atoms with Crippen LogP contribution in [-0.2, 0) is 15.4 Å².